The molecule has 0 N–H and O–H groups in total. The van der Waals surface area contributed by atoms with Gasteiger partial charge in [-0.2, -0.15) is 0 Å². The first-order chi connectivity index (χ1) is 18.5. The van der Waals surface area contributed by atoms with Gasteiger partial charge in [0.2, 0.25) is 0 Å². The molecule has 1 saturated heterocycles. The summed E-state index contributed by atoms with van der Waals surface area (Å²) in [4.78, 5) is 65.4. The van der Waals surface area contributed by atoms with Crippen LogP contribution >= 0.6 is 0 Å². The van der Waals surface area contributed by atoms with Crippen LogP contribution < -0.4 is 11.2 Å². The lowest BCUT2D eigenvalue weighted by atomic mass is 10.1. The molecule has 1 aliphatic heterocycles. The van der Waals surface area contributed by atoms with Gasteiger partial charge in [0.25, 0.3) is 5.56 Å². The monoisotopic (exact) mass is 539 g/mol. The first-order valence-corrected chi connectivity index (χ1v) is 11.9. The van der Waals surface area contributed by atoms with E-state index in [1.165, 1.54) is 13.1 Å². The molecule has 2 heterocycles. The Hall–Kier alpha value is -4.68. The molecule has 0 amide bonds. The third-order valence-electron chi connectivity index (χ3n) is 6.35. The molecule has 0 spiro atoms. The van der Waals surface area contributed by atoms with Crippen LogP contribution in [0.15, 0.2) is 51.2 Å². The number of fused-ring (bicyclic) bond motifs is 1. The van der Waals surface area contributed by atoms with E-state index in [0.717, 1.165) is 29.3 Å². The third kappa shape index (κ3) is 4.94. The summed E-state index contributed by atoms with van der Waals surface area (Å²) in [5.41, 5.74) is 7.29. The molecule has 2 aromatic rings. The van der Waals surface area contributed by atoms with E-state index in [4.69, 9.17) is 18.9 Å². The molecule has 1 aromatic carbocycles. The van der Waals surface area contributed by atoms with Gasteiger partial charge in [-0.25, -0.2) is 19.0 Å². The summed E-state index contributed by atoms with van der Waals surface area (Å²) in [5.74, 6) is -2.26. The zero-order valence-electron chi connectivity index (χ0n) is 21.5. The van der Waals surface area contributed by atoms with E-state index in [1.54, 1.807) is 31.2 Å². The summed E-state index contributed by atoms with van der Waals surface area (Å²) in [6, 6.07) is 6.58. The largest absolute Gasteiger partial charge is 0.463 e. The molecule has 1 aromatic heterocycles. The minimum absolute atomic E-state index is 0.0917. The Morgan fingerprint density at radius 1 is 1.15 bits per heavy atom. The normalized spacial score (nSPS) is 24.9. The highest BCUT2D eigenvalue weighted by atomic mass is 16.6. The van der Waals surface area contributed by atoms with Crippen molar-refractivity contribution in [2.24, 2.45) is 5.11 Å². The van der Waals surface area contributed by atoms with Gasteiger partial charge in [0.15, 0.2) is 17.9 Å². The highest BCUT2D eigenvalue weighted by Crippen LogP contribution is 2.59. The maximum absolute atomic E-state index is 13.3. The quantitative estimate of drug-likeness (QED) is 0.121. The van der Waals surface area contributed by atoms with Crippen LogP contribution in [-0.2, 0) is 28.5 Å². The average Bonchev–Trinajstić information content (AvgIpc) is 3.35. The molecule has 14 heteroatoms. The number of aryl methyl sites for hydroxylation is 2. The average molecular weight is 540 g/mol. The molecular weight excluding hydrogens is 514 g/mol. The fourth-order valence-corrected chi connectivity index (χ4v) is 4.47. The number of hydrogen-bond acceptors (Lipinski definition) is 10. The molecule has 1 saturated carbocycles. The maximum atomic E-state index is 13.3. The van der Waals surface area contributed by atoms with Gasteiger partial charge < -0.3 is 18.9 Å². The van der Waals surface area contributed by atoms with Crippen LogP contribution in [0.5, 0.6) is 0 Å². The van der Waals surface area contributed by atoms with E-state index in [-0.39, 0.29) is 17.7 Å². The number of benzene rings is 1. The SMILES string of the molecule is CCOC(=O)/C=C/n1c(=O)c(C)cn([C@@H]2O[C@@H]3C(OC(=O)c4ccc(C)cc4)C3(N=[N+]=[N-])[C@H]2OC(C)=O)c1=O. The van der Waals surface area contributed by atoms with Gasteiger partial charge in [0.05, 0.1) is 12.2 Å². The number of aromatic nitrogens is 2. The molecule has 0 bridgehead atoms. The predicted molar refractivity (Wildman–Crippen MR) is 133 cm³/mol. The van der Waals surface area contributed by atoms with E-state index < -0.39 is 59.2 Å². The number of azide groups is 1. The molecular formula is C25H25N5O9. The zero-order valence-corrected chi connectivity index (χ0v) is 21.5. The molecule has 2 aliphatic rings. The van der Waals surface area contributed by atoms with E-state index in [2.05, 4.69) is 10.0 Å². The van der Waals surface area contributed by atoms with Gasteiger partial charge in [-0.15, -0.1) is 0 Å². The molecule has 14 nitrogen and oxygen atoms in total. The van der Waals surface area contributed by atoms with Crippen LogP contribution in [0.1, 0.15) is 41.6 Å². The lowest BCUT2D eigenvalue weighted by Crippen LogP contribution is -2.46. The number of esters is 3. The molecule has 204 valence electrons. The number of rotatable bonds is 8. The van der Waals surface area contributed by atoms with Gasteiger partial charge in [0, 0.05) is 35.9 Å². The smallest absolute Gasteiger partial charge is 0.338 e. The molecule has 39 heavy (non-hydrogen) atoms. The Kier molecular flexibility index (Phi) is 7.43. The molecule has 2 unspecified atom stereocenters. The summed E-state index contributed by atoms with van der Waals surface area (Å²) >= 11 is 0. The summed E-state index contributed by atoms with van der Waals surface area (Å²) < 4.78 is 23.4. The second-order valence-electron chi connectivity index (χ2n) is 8.99. The van der Waals surface area contributed by atoms with Gasteiger partial charge in [-0.05, 0) is 38.4 Å². The van der Waals surface area contributed by atoms with Crippen LogP contribution in [0, 0.1) is 13.8 Å². The van der Waals surface area contributed by atoms with Crippen LogP contribution in [-0.4, -0.2) is 57.5 Å². The van der Waals surface area contributed by atoms with E-state index in [1.807, 2.05) is 6.92 Å². The van der Waals surface area contributed by atoms with Crippen molar-refractivity contribution >= 4 is 24.1 Å². The highest BCUT2D eigenvalue weighted by molar-refractivity contribution is 5.90. The number of hydrogen-bond donors (Lipinski definition) is 0. The third-order valence-corrected chi connectivity index (χ3v) is 6.35. The van der Waals surface area contributed by atoms with Crippen LogP contribution in [0.2, 0.25) is 0 Å². The Morgan fingerprint density at radius 3 is 2.46 bits per heavy atom. The summed E-state index contributed by atoms with van der Waals surface area (Å²) in [7, 11) is 0. The number of ether oxygens (including phenoxy) is 4. The van der Waals surface area contributed by atoms with E-state index in [9.17, 15) is 29.5 Å². The number of nitrogens with zero attached hydrogens (tertiary/aromatic N) is 5. The molecule has 0 radical (unpaired) electrons. The zero-order chi connectivity index (χ0) is 28.5. The van der Waals surface area contributed by atoms with Gasteiger partial charge in [-0.1, -0.05) is 22.8 Å². The van der Waals surface area contributed by atoms with E-state index >= 15 is 0 Å². The fraction of sp³-hybridized carbons (Fsp3) is 0.400. The van der Waals surface area contributed by atoms with Crippen molar-refractivity contribution in [2.75, 3.05) is 6.61 Å². The lowest BCUT2D eigenvalue weighted by molar-refractivity contribution is -0.159. The van der Waals surface area contributed by atoms with Crippen molar-refractivity contribution in [1.29, 1.82) is 0 Å². The molecule has 1 aliphatic carbocycles. The van der Waals surface area contributed by atoms with Crippen molar-refractivity contribution in [3.8, 4) is 0 Å². The Bertz CT molecular complexity index is 1520. The fourth-order valence-electron chi connectivity index (χ4n) is 4.47. The van der Waals surface area contributed by atoms with Crippen LogP contribution in [0.4, 0.5) is 0 Å². The minimum Gasteiger partial charge on any atom is -0.463 e. The van der Waals surface area contributed by atoms with Crippen molar-refractivity contribution in [3.05, 3.63) is 84.5 Å². The van der Waals surface area contributed by atoms with E-state index in [0.29, 0.717) is 4.57 Å². The van der Waals surface area contributed by atoms with Gasteiger partial charge in [-0.3, -0.25) is 14.2 Å². The van der Waals surface area contributed by atoms with Crippen LogP contribution in [0.25, 0.3) is 16.6 Å². The maximum Gasteiger partial charge on any atom is 0.338 e. The second-order valence-corrected chi connectivity index (χ2v) is 8.99. The Morgan fingerprint density at radius 2 is 1.85 bits per heavy atom. The number of carbonyl (C=O) groups excluding carboxylic acids is 3. The second kappa shape index (κ2) is 10.6. The van der Waals surface area contributed by atoms with Crippen molar-refractivity contribution in [2.45, 2.75) is 57.8 Å². The minimum atomic E-state index is -1.67. The highest BCUT2D eigenvalue weighted by Gasteiger charge is 2.81. The molecule has 2 fully saturated rings. The summed E-state index contributed by atoms with van der Waals surface area (Å²) in [6.07, 6.45) is -1.86. The Labute approximate surface area is 221 Å². The molecule has 5 atom stereocenters. The number of carbonyl (C=O) groups is 3. The summed E-state index contributed by atoms with van der Waals surface area (Å²) in [6.45, 7) is 6.09. The van der Waals surface area contributed by atoms with Crippen molar-refractivity contribution in [1.82, 2.24) is 9.13 Å². The Balaban J connectivity index is 1.71. The predicted octanol–water partition coefficient (Wildman–Crippen LogP) is 1.78. The lowest BCUT2D eigenvalue weighted by Gasteiger charge is -2.28. The van der Waals surface area contributed by atoms with Gasteiger partial charge in [0.1, 0.15) is 12.2 Å². The summed E-state index contributed by atoms with van der Waals surface area (Å²) in [5, 5.41) is 3.80. The topological polar surface area (TPSA) is 181 Å². The van der Waals surface area contributed by atoms with Crippen molar-refractivity contribution in [3.63, 3.8) is 0 Å². The van der Waals surface area contributed by atoms with Crippen LogP contribution in [0.3, 0.4) is 0 Å². The van der Waals surface area contributed by atoms with Crippen molar-refractivity contribution < 1.29 is 33.3 Å². The van der Waals surface area contributed by atoms with Gasteiger partial charge >= 0.3 is 23.6 Å². The molecule has 4 rings (SSSR count). The first kappa shape index (κ1) is 27.4. The first-order valence-electron chi connectivity index (χ1n) is 11.9. The standard InChI is InChI=1S/C25H25N5O9/c1-5-36-17(32)10-11-29-21(33)14(3)12-30(24(29)35)22-20(37-15(4)31)25(27-28-26)18(38-22)19(25)39-23(34)16-8-6-13(2)7-9-16/h6-12,18-20,22H,5H2,1-4H3/b11-10+/t18-,19?,20+,22-,25?/m1/s1.